The minimum atomic E-state index is -0.542. The van der Waals surface area contributed by atoms with Gasteiger partial charge in [0.15, 0.2) is 0 Å². The van der Waals surface area contributed by atoms with E-state index in [1.54, 1.807) is 13.0 Å². The van der Waals surface area contributed by atoms with Gasteiger partial charge >= 0.3 is 0 Å². The van der Waals surface area contributed by atoms with Crippen molar-refractivity contribution >= 4 is 17.3 Å². The van der Waals surface area contributed by atoms with E-state index in [0.29, 0.717) is 18.8 Å². The normalized spacial score (nSPS) is 11.8. The molecule has 1 aromatic rings. The van der Waals surface area contributed by atoms with Gasteiger partial charge in [0, 0.05) is 12.5 Å². The summed E-state index contributed by atoms with van der Waals surface area (Å²) >= 11 is 0. The third-order valence-electron chi connectivity index (χ3n) is 2.81. The smallest absolute Gasteiger partial charge is 0.296 e. The number of nitro benzene ring substituents is 1. The number of nitrogens with two attached hydrogens (primary N) is 1. The summed E-state index contributed by atoms with van der Waals surface area (Å²) in [6, 6.07) is 4.42. The van der Waals surface area contributed by atoms with Gasteiger partial charge in [-0.05, 0) is 38.8 Å². The van der Waals surface area contributed by atoms with Crippen molar-refractivity contribution in [3.8, 4) is 5.75 Å². The second-order valence-corrected chi connectivity index (χ2v) is 4.79. The molecule has 0 bridgehead atoms. The monoisotopic (exact) mass is 295 g/mol. The molecule has 0 radical (unpaired) electrons. The molecule has 116 valence electrons. The number of hydrogen-bond acceptors (Lipinski definition) is 5. The van der Waals surface area contributed by atoms with Crippen LogP contribution in [-0.4, -0.2) is 23.5 Å². The van der Waals surface area contributed by atoms with Crippen LogP contribution in [-0.2, 0) is 4.79 Å². The molecule has 1 atom stereocenters. The number of benzene rings is 1. The molecule has 0 aliphatic heterocycles. The lowest BCUT2D eigenvalue weighted by molar-refractivity contribution is -0.384. The molecule has 0 aliphatic rings. The molecule has 0 saturated carbocycles. The van der Waals surface area contributed by atoms with Crippen molar-refractivity contribution in [1.29, 1.82) is 0 Å². The first kappa shape index (κ1) is 16.9. The molecule has 0 spiro atoms. The van der Waals surface area contributed by atoms with Gasteiger partial charge < -0.3 is 15.8 Å². The molecule has 1 unspecified atom stereocenters. The Morgan fingerprint density at radius 3 is 2.81 bits per heavy atom. The average molecular weight is 295 g/mol. The summed E-state index contributed by atoms with van der Waals surface area (Å²) in [5, 5.41) is 13.6. The Labute approximate surface area is 123 Å². The number of anilines is 1. The standard InChI is InChI=1S/C14H21N3O4/c1-3-21-11-7-8-12(13(9-11)17(19)20)16-14(18)6-4-5-10(2)15/h7-10H,3-6,15H2,1-2H3,(H,16,18). The van der Waals surface area contributed by atoms with Gasteiger partial charge in [0.05, 0.1) is 17.6 Å². The zero-order valence-electron chi connectivity index (χ0n) is 12.3. The Balaban J connectivity index is 2.73. The Morgan fingerprint density at radius 2 is 2.24 bits per heavy atom. The van der Waals surface area contributed by atoms with Crippen molar-refractivity contribution in [2.45, 2.75) is 39.2 Å². The van der Waals surface area contributed by atoms with Gasteiger partial charge in [-0.1, -0.05) is 0 Å². The number of ether oxygens (including phenoxy) is 1. The van der Waals surface area contributed by atoms with Gasteiger partial charge in [-0.2, -0.15) is 0 Å². The first-order valence-electron chi connectivity index (χ1n) is 6.90. The van der Waals surface area contributed by atoms with Gasteiger partial charge in [-0.3, -0.25) is 14.9 Å². The molecule has 21 heavy (non-hydrogen) atoms. The Bertz CT molecular complexity index is 503. The summed E-state index contributed by atoms with van der Waals surface area (Å²) in [5.74, 6) is 0.141. The molecule has 0 fully saturated rings. The summed E-state index contributed by atoms with van der Waals surface area (Å²) < 4.78 is 5.22. The molecule has 3 N–H and O–H groups in total. The average Bonchev–Trinajstić information content (AvgIpc) is 2.40. The first-order valence-corrected chi connectivity index (χ1v) is 6.90. The molecule has 0 saturated heterocycles. The lowest BCUT2D eigenvalue weighted by atomic mass is 10.1. The molecule has 1 aromatic carbocycles. The summed E-state index contributed by atoms with van der Waals surface area (Å²) in [7, 11) is 0. The van der Waals surface area contributed by atoms with Gasteiger partial charge in [0.2, 0.25) is 5.91 Å². The fourth-order valence-corrected chi connectivity index (χ4v) is 1.82. The summed E-state index contributed by atoms with van der Waals surface area (Å²) in [6.07, 6.45) is 1.67. The molecule has 0 heterocycles. The van der Waals surface area contributed by atoms with Crippen LogP contribution in [0.25, 0.3) is 0 Å². The Kier molecular flexibility index (Phi) is 6.61. The Morgan fingerprint density at radius 1 is 1.52 bits per heavy atom. The molecule has 7 nitrogen and oxygen atoms in total. The molecule has 7 heteroatoms. The van der Waals surface area contributed by atoms with E-state index in [-0.39, 0.29) is 29.7 Å². The highest BCUT2D eigenvalue weighted by atomic mass is 16.6. The zero-order valence-corrected chi connectivity index (χ0v) is 12.3. The molecule has 1 rings (SSSR count). The molecule has 0 aromatic heterocycles. The van der Waals surface area contributed by atoms with Crippen LogP contribution in [0.4, 0.5) is 11.4 Å². The van der Waals surface area contributed by atoms with E-state index in [9.17, 15) is 14.9 Å². The third-order valence-corrected chi connectivity index (χ3v) is 2.81. The number of carbonyl (C=O) groups is 1. The van der Waals surface area contributed by atoms with Crippen LogP contribution < -0.4 is 15.8 Å². The maximum atomic E-state index is 11.8. The van der Waals surface area contributed by atoms with Crippen LogP contribution in [0.2, 0.25) is 0 Å². The van der Waals surface area contributed by atoms with Crippen LogP contribution >= 0.6 is 0 Å². The maximum Gasteiger partial charge on any atom is 0.296 e. The highest BCUT2D eigenvalue weighted by Gasteiger charge is 2.17. The van der Waals surface area contributed by atoms with E-state index in [1.807, 2.05) is 6.92 Å². The number of nitrogens with zero attached hydrogens (tertiary/aromatic N) is 1. The third kappa shape index (κ3) is 5.78. The van der Waals surface area contributed by atoms with E-state index in [1.165, 1.54) is 12.1 Å². The summed E-state index contributed by atoms with van der Waals surface area (Å²) in [5.41, 5.74) is 5.60. The molecular formula is C14H21N3O4. The van der Waals surface area contributed by atoms with E-state index in [2.05, 4.69) is 5.32 Å². The molecular weight excluding hydrogens is 274 g/mol. The largest absolute Gasteiger partial charge is 0.494 e. The van der Waals surface area contributed by atoms with E-state index in [4.69, 9.17) is 10.5 Å². The van der Waals surface area contributed by atoms with Crippen molar-refractivity contribution in [2.75, 3.05) is 11.9 Å². The minimum absolute atomic E-state index is 0.0395. The second kappa shape index (κ2) is 8.21. The number of nitro groups is 1. The number of carbonyl (C=O) groups excluding carboxylic acids is 1. The lowest BCUT2D eigenvalue weighted by Gasteiger charge is -2.09. The van der Waals surface area contributed by atoms with E-state index in [0.717, 1.165) is 6.42 Å². The van der Waals surface area contributed by atoms with Crippen LogP contribution in [0.3, 0.4) is 0 Å². The number of nitrogens with one attached hydrogen (secondary N) is 1. The molecule has 0 aliphatic carbocycles. The molecule has 1 amide bonds. The quantitative estimate of drug-likeness (QED) is 0.565. The van der Waals surface area contributed by atoms with Gasteiger partial charge in [0.1, 0.15) is 11.4 Å². The van der Waals surface area contributed by atoms with Crippen molar-refractivity contribution in [3.05, 3.63) is 28.3 Å². The summed E-state index contributed by atoms with van der Waals surface area (Å²) in [4.78, 5) is 22.3. The maximum absolute atomic E-state index is 11.8. The zero-order chi connectivity index (χ0) is 15.8. The number of amides is 1. The number of rotatable bonds is 8. The van der Waals surface area contributed by atoms with Crippen LogP contribution in [0, 0.1) is 10.1 Å². The predicted molar refractivity (Wildman–Crippen MR) is 80.4 cm³/mol. The summed E-state index contributed by atoms with van der Waals surface area (Å²) in [6.45, 7) is 4.08. The van der Waals surface area contributed by atoms with Crippen molar-refractivity contribution in [1.82, 2.24) is 0 Å². The van der Waals surface area contributed by atoms with Crippen molar-refractivity contribution in [3.63, 3.8) is 0 Å². The Hall–Kier alpha value is -2.15. The highest BCUT2D eigenvalue weighted by molar-refractivity contribution is 5.93. The fourth-order valence-electron chi connectivity index (χ4n) is 1.82. The van der Waals surface area contributed by atoms with Crippen LogP contribution in [0.5, 0.6) is 5.75 Å². The van der Waals surface area contributed by atoms with Crippen molar-refractivity contribution < 1.29 is 14.5 Å². The SMILES string of the molecule is CCOc1ccc(NC(=O)CCCC(C)N)c([N+](=O)[O-])c1. The van der Waals surface area contributed by atoms with Crippen molar-refractivity contribution in [2.24, 2.45) is 5.73 Å². The van der Waals surface area contributed by atoms with E-state index < -0.39 is 4.92 Å². The first-order chi connectivity index (χ1) is 9.93. The van der Waals surface area contributed by atoms with Gasteiger partial charge in [-0.25, -0.2) is 0 Å². The highest BCUT2D eigenvalue weighted by Crippen LogP contribution is 2.29. The van der Waals surface area contributed by atoms with Gasteiger partial charge in [0.25, 0.3) is 5.69 Å². The second-order valence-electron chi connectivity index (χ2n) is 4.79. The number of hydrogen-bond donors (Lipinski definition) is 2. The van der Waals surface area contributed by atoms with Gasteiger partial charge in [-0.15, -0.1) is 0 Å². The lowest BCUT2D eigenvalue weighted by Crippen LogP contribution is -2.17. The van der Waals surface area contributed by atoms with Crippen LogP contribution in [0.1, 0.15) is 33.1 Å². The topological polar surface area (TPSA) is 107 Å². The predicted octanol–water partition coefficient (Wildman–Crippen LogP) is 2.45. The van der Waals surface area contributed by atoms with E-state index >= 15 is 0 Å². The van der Waals surface area contributed by atoms with Crippen LogP contribution in [0.15, 0.2) is 18.2 Å². The minimum Gasteiger partial charge on any atom is -0.494 e. The fraction of sp³-hybridized carbons (Fsp3) is 0.500.